The molecular weight excluding hydrogens is 156 g/mol. The highest BCUT2D eigenvalue weighted by atomic mass is 13.9. The molecule has 1 rings (SSSR count). The van der Waals surface area contributed by atoms with Crippen LogP contribution < -0.4 is 0 Å². The van der Waals surface area contributed by atoms with Crippen molar-refractivity contribution in [1.82, 2.24) is 0 Å². The molecule has 0 unspecified atom stereocenters. The van der Waals surface area contributed by atoms with Gasteiger partial charge in [-0.3, -0.25) is 0 Å². The van der Waals surface area contributed by atoms with Gasteiger partial charge in [-0.1, -0.05) is 48.6 Å². The van der Waals surface area contributed by atoms with E-state index in [1.165, 1.54) is 19.3 Å². The van der Waals surface area contributed by atoms with E-state index in [1.54, 1.807) is 0 Å². The van der Waals surface area contributed by atoms with E-state index in [9.17, 15) is 0 Å². The van der Waals surface area contributed by atoms with E-state index in [0.29, 0.717) is 0 Å². The van der Waals surface area contributed by atoms with Crippen LogP contribution in [0.1, 0.15) is 32.1 Å². The zero-order valence-electron chi connectivity index (χ0n) is 8.15. The summed E-state index contributed by atoms with van der Waals surface area (Å²) < 4.78 is 0. The molecule has 0 atom stereocenters. The molecule has 0 aromatic carbocycles. The van der Waals surface area contributed by atoms with Crippen molar-refractivity contribution < 1.29 is 0 Å². The molecule has 0 saturated heterocycles. The minimum absolute atomic E-state index is 1.06. The second kappa shape index (κ2) is 7.60. The zero-order valence-corrected chi connectivity index (χ0v) is 8.15. The Morgan fingerprint density at radius 1 is 0.462 bits per heavy atom. The van der Waals surface area contributed by atoms with Crippen molar-refractivity contribution in [2.45, 2.75) is 32.1 Å². The molecule has 0 heterocycles. The zero-order chi connectivity index (χ0) is 9.19. The maximum absolute atomic E-state index is 2.28. The third-order valence-electron chi connectivity index (χ3n) is 1.99. The van der Waals surface area contributed by atoms with Crippen molar-refractivity contribution >= 4 is 0 Å². The summed E-state index contributed by atoms with van der Waals surface area (Å²) in [4.78, 5) is 0. The van der Waals surface area contributed by atoms with Gasteiger partial charge in [0.2, 0.25) is 0 Å². The molecule has 1 aliphatic carbocycles. The maximum atomic E-state index is 2.28. The number of rotatable bonds is 0. The third kappa shape index (κ3) is 6.15. The summed E-state index contributed by atoms with van der Waals surface area (Å²) in [7, 11) is 0. The SMILES string of the molecule is C1=CC/C=C/CC/C=C/CC/C=C\1. The molecule has 0 spiro atoms. The standard InChI is InChI=1S/C13H18/c1-2-4-6-8-10-12-13-11-9-7-5-3-1/h1-4,7,9-10,12H,5-6,8,11,13H2/b3-1?,4-2-,9-7+,12-10+. The second-order valence-electron chi connectivity index (χ2n) is 3.19. The van der Waals surface area contributed by atoms with Gasteiger partial charge in [0, 0.05) is 0 Å². The molecule has 0 fully saturated rings. The highest BCUT2D eigenvalue weighted by molar-refractivity contribution is 5.05. The highest BCUT2D eigenvalue weighted by Crippen LogP contribution is 2.00. The lowest BCUT2D eigenvalue weighted by Crippen LogP contribution is -1.66. The van der Waals surface area contributed by atoms with Gasteiger partial charge < -0.3 is 0 Å². The fraction of sp³-hybridized carbons (Fsp3) is 0.385. The third-order valence-corrected chi connectivity index (χ3v) is 1.99. The average Bonchev–Trinajstić information content (AvgIpc) is 2.18. The van der Waals surface area contributed by atoms with E-state index in [2.05, 4.69) is 48.6 Å². The van der Waals surface area contributed by atoms with Gasteiger partial charge in [0.15, 0.2) is 0 Å². The number of hydrogen-bond acceptors (Lipinski definition) is 0. The van der Waals surface area contributed by atoms with Crippen molar-refractivity contribution in [3.63, 3.8) is 0 Å². The molecule has 0 heteroatoms. The summed E-state index contributed by atoms with van der Waals surface area (Å²) in [5.74, 6) is 0. The topological polar surface area (TPSA) is 0 Å². The molecule has 70 valence electrons. The van der Waals surface area contributed by atoms with E-state index in [0.717, 1.165) is 12.8 Å². The minimum atomic E-state index is 1.06. The van der Waals surface area contributed by atoms with Crippen LogP contribution in [0.4, 0.5) is 0 Å². The van der Waals surface area contributed by atoms with Crippen molar-refractivity contribution in [3.05, 3.63) is 48.6 Å². The summed E-state index contributed by atoms with van der Waals surface area (Å²) in [6.45, 7) is 0. The Kier molecular flexibility index (Phi) is 5.87. The van der Waals surface area contributed by atoms with E-state index in [4.69, 9.17) is 0 Å². The van der Waals surface area contributed by atoms with Crippen molar-refractivity contribution in [3.8, 4) is 0 Å². The molecule has 0 aromatic heterocycles. The normalized spacial score (nSPS) is 26.5. The van der Waals surface area contributed by atoms with Crippen molar-refractivity contribution in [1.29, 1.82) is 0 Å². The van der Waals surface area contributed by atoms with Crippen molar-refractivity contribution in [2.75, 3.05) is 0 Å². The van der Waals surface area contributed by atoms with Crippen LogP contribution in [0.15, 0.2) is 48.6 Å². The Hall–Kier alpha value is -1.04. The molecule has 0 nitrogen and oxygen atoms in total. The van der Waals surface area contributed by atoms with E-state index in [-0.39, 0.29) is 0 Å². The molecule has 0 aromatic rings. The Balaban J connectivity index is 2.38. The minimum Gasteiger partial charge on any atom is -0.0882 e. The number of hydrogen-bond donors (Lipinski definition) is 0. The van der Waals surface area contributed by atoms with Gasteiger partial charge in [0.1, 0.15) is 0 Å². The van der Waals surface area contributed by atoms with Gasteiger partial charge in [0.05, 0.1) is 0 Å². The molecule has 0 N–H and O–H groups in total. The second-order valence-corrected chi connectivity index (χ2v) is 3.19. The molecular formula is C13H18. The lowest BCUT2D eigenvalue weighted by molar-refractivity contribution is 1.00. The largest absolute Gasteiger partial charge is 0.0882 e. The van der Waals surface area contributed by atoms with E-state index >= 15 is 0 Å². The summed E-state index contributed by atoms with van der Waals surface area (Å²) in [6.07, 6.45) is 23.5. The fourth-order valence-electron chi connectivity index (χ4n) is 1.25. The smallest absolute Gasteiger partial charge is 0.0166 e. The monoisotopic (exact) mass is 174 g/mol. The van der Waals surface area contributed by atoms with Gasteiger partial charge in [-0.15, -0.1) is 0 Å². The molecule has 0 bridgehead atoms. The Labute approximate surface area is 81.4 Å². The van der Waals surface area contributed by atoms with E-state index in [1.807, 2.05) is 0 Å². The van der Waals surface area contributed by atoms with Crippen LogP contribution in [0.3, 0.4) is 0 Å². The Morgan fingerprint density at radius 3 is 1.77 bits per heavy atom. The molecule has 0 amide bonds. The first-order valence-electron chi connectivity index (χ1n) is 5.12. The molecule has 0 aliphatic heterocycles. The first kappa shape index (κ1) is 10.0. The average molecular weight is 174 g/mol. The Morgan fingerprint density at radius 2 is 1.00 bits per heavy atom. The molecule has 1 aliphatic rings. The fourth-order valence-corrected chi connectivity index (χ4v) is 1.25. The Bertz CT molecular complexity index is 216. The summed E-state index contributed by atoms with van der Waals surface area (Å²) >= 11 is 0. The molecule has 0 radical (unpaired) electrons. The molecule has 13 heavy (non-hydrogen) atoms. The first-order valence-corrected chi connectivity index (χ1v) is 5.12. The summed E-state index contributed by atoms with van der Waals surface area (Å²) in [5, 5.41) is 0. The predicted octanol–water partition coefficient (Wildman–Crippen LogP) is 4.18. The van der Waals surface area contributed by atoms with Gasteiger partial charge in [-0.2, -0.15) is 0 Å². The van der Waals surface area contributed by atoms with Gasteiger partial charge in [-0.05, 0) is 32.1 Å². The van der Waals surface area contributed by atoms with Crippen LogP contribution in [0, 0.1) is 0 Å². The number of allylic oxidation sites excluding steroid dienone is 8. The molecule has 0 saturated carbocycles. The highest BCUT2D eigenvalue weighted by Gasteiger charge is 1.79. The van der Waals surface area contributed by atoms with Crippen LogP contribution in [0.2, 0.25) is 0 Å². The van der Waals surface area contributed by atoms with Crippen LogP contribution in [-0.2, 0) is 0 Å². The lowest BCUT2D eigenvalue weighted by atomic mass is 10.2. The summed E-state index contributed by atoms with van der Waals surface area (Å²) in [5.41, 5.74) is 0. The first-order chi connectivity index (χ1) is 6.50. The van der Waals surface area contributed by atoms with Crippen LogP contribution in [0.25, 0.3) is 0 Å². The van der Waals surface area contributed by atoms with Gasteiger partial charge >= 0.3 is 0 Å². The maximum Gasteiger partial charge on any atom is -0.0166 e. The van der Waals surface area contributed by atoms with E-state index < -0.39 is 0 Å². The lowest BCUT2D eigenvalue weighted by Gasteiger charge is -1.87. The van der Waals surface area contributed by atoms with Gasteiger partial charge in [-0.25, -0.2) is 0 Å². The van der Waals surface area contributed by atoms with Crippen molar-refractivity contribution in [2.24, 2.45) is 0 Å². The van der Waals surface area contributed by atoms with Crippen LogP contribution in [-0.4, -0.2) is 0 Å². The van der Waals surface area contributed by atoms with Crippen LogP contribution in [0.5, 0.6) is 0 Å². The van der Waals surface area contributed by atoms with Crippen LogP contribution >= 0.6 is 0 Å². The quantitative estimate of drug-likeness (QED) is 0.483. The predicted molar refractivity (Wildman–Crippen MR) is 59.6 cm³/mol. The summed E-state index contributed by atoms with van der Waals surface area (Å²) in [6, 6.07) is 0. The van der Waals surface area contributed by atoms with Gasteiger partial charge in [0.25, 0.3) is 0 Å².